The van der Waals surface area contributed by atoms with Gasteiger partial charge in [-0.3, -0.25) is 19.8 Å². The largest absolute Gasteiger partial charge is 0.467 e. The average molecular weight is 494 g/mol. The Hall–Kier alpha value is -3.81. The number of amides is 4. The van der Waals surface area contributed by atoms with Crippen LogP contribution in [0.3, 0.4) is 0 Å². The monoisotopic (exact) mass is 493 g/mol. The molecule has 1 aliphatic heterocycles. The van der Waals surface area contributed by atoms with Crippen LogP contribution in [0.25, 0.3) is 17.0 Å². The SMILES string of the molecule is O=C1NC(=O)N(Cc2ccco2)C(=O)C1=Cc1cn(Cc2ccc(Cl)cc2Cl)c2ccccc12. The van der Waals surface area contributed by atoms with E-state index in [0.29, 0.717) is 27.9 Å². The maximum absolute atomic E-state index is 13.1. The second-order valence-corrected chi connectivity index (χ2v) is 8.60. The molecule has 9 heteroatoms. The first kappa shape index (κ1) is 22.0. The molecule has 0 atom stereocenters. The van der Waals surface area contributed by atoms with E-state index in [0.717, 1.165) is 21.4 Å². The fraction of sp³-hybridized carbons (Fsp3) is 0.0800. The predicted octanol–water partition coefficient (Wildman–Crippen LogP) is 5.25. The van der Waals surface area contributed by atoms with E-state index in [1.165, 1.54) is 12.3 Å². The highest BCUT2D eigenvalue weighted by Crippen LogP contribution is 2.28. The molecule has 170 valence electrons. The molecule has 0 bridgehead atoms. The molecule has 0 saturated carbocycles. The van der Waals surface area contributed by atoms with Crippen molar-refractivity contribution in [2.75, 3.05) is 0 Å². The zero-order valence-electron chi connectivity index (χ0n) is 17.6. The van der Waals surface area contributed by atoms with Crippen LogP contribution in [0, 0.1) is 0 Å². The lowest BCUT2D eigenvalue weighted by molar-refractivity contribution is -0.130. The molecule has 1 N–H and O–H groups in total. The average Bonchev–Trinajstić information content (AvgIpc) is 3.44. The molecule has 0 radical (unpaired) electrons. The summed E-state index contributed by atoms with van der Waals surface area (Å²) in [5, 5.41) is 4.16. The van der Waals surface area contributed by atoms with E-state index in [9.17, 15) is 14.4 Å². The van der Waals surface area contributed by atoms with Gasteiger partial charge < -0.3 is 8.98 Å². The summed E-state index contributed by atoms with van der Waals surface area (Å²) in [4.78, 5) is 38.9. The lowest BCUT2D eigenvalue weighted by Crippen LogP contribution is -2.53. The van der Waals surface area contributed by atoms with Gasteiger partial charge in [0, 0.05) is 39.3 Å². The van der Waals surface area contributed by atoms with E-state index in [1.807, 2.05) is 41.1 Å². The van der Waals surface area contributed by atoms with Crippen LogP contribution in [0.2, 0.25) is 10.0 Å². The summed E-state index contributed by atoms with van der Waals surface area (Å²) in [5.41, 5.74) is 2.28. The Morgan fingerprint density at radius 2 is 1.79 bits per heavy atom. The number of para-hydroxylation sites is 1. The van der Waals surface area contributed by atoms with Crippen LogP contribution in [0.15, 0.2) is 77.0 Å². The normalized spacial score (nSPS) is 15.4. The van der Waals surface area contributed by atoms with Crippen LogP contribution < -0.4 is 5.32 Å². The Morgan fingerprint density at radius 3 is 2.56 bits per heavy atom. The highest BCUT2D eigenvalue weighted by molar-refractivity contribution is 6.35. The van der Waals surface area contributed by atoms with E-state index in [2.05, 4.69) is 5.32 Å². The molecule has 5 rings (SSSR count). The third-order valence-electron chi connectivity index (χ3n) is 5.55. The molecule has 7 nitrogen and oxygen atoms in total. The Morgan fingerprint density at radius 1 is 0.971 bits per heavy atom. The molecule has 2 aromatic heterocycles. The topological polar surface area (TPSA) is 84.6 Å². The number of nitrogens with zero attached hydrogens (tertiary/aromatic N) is 2. The lowest BCUT2D eigenvalue weighted by atomic mass is 10.1. The van der Waals surface area contributed by atoms with Crippen molar-refractivity contribution >= 4 is 58.0 Å². The number of hydrogen-bond donors (Lipinski definition) is 1. The second kappa shape index (κ2) is 8.85. The molecule has 34 heavy (non-hydrogen) atoms. The summed E-state index contributed by atoms with van der Waals surface area (Å²) in [6, 6.07) is 15.4. The van der Waals surface area contributed by atoms with Crippen molar-refractivity contribution in [3.63, 3.8) is 0 Å². The van der Waals surface area contributed by atoms with Crippen molar-refractivity contribution in [2.45, 2.75) is 13.1 Å². The first-order valence-electron chi connectivity index (χ1n) is 10.3. The minimum absolute atomic E-state index is 0.0842. The van der Waals surface area contributed by atoms with Gasteiger partial charge in [-0.1, -0.05) is 47.5 Å². The summed E-state index contributed by atoms with van der Waals surface area (Å²) in [6.45, 7) is 0.377. The number of benzene rings is 2. The quantitative estimate of drug-likeness (QED) is 0.303. The molecule has 1 fully saturated rings. The van der Waals surface area contributed by atoms with Crippen molar-refractivity contribution in [2.24, 2.45) is 0 Å². The zero-order chi connectivity index (χ0) is 23.8. The molecule has 0 unspecified atom stereocenters. The van der Waals surface area contributed by atoms with Crippen LogP contribution in [0.1, 0.15) is 16.9 Å². The number of rotatable bonds is 5. The van der Waals surface area contributed by atoms with Crippen LogP contribution in [-0.2, 0) is 22.7 Å². The number of aromatic nitrogens is 1. The van der Waals surface area contributed by atoms with Gasteiger partial charge in [0.1, 0.15) is 11.3 Å². The number of nitrogens with one attached hydrogen (secondary N) is 1. The maximum atomic E-state index is 13.1. The van der Waals surface area contributed by atoms with Crippen LogP contribution in [-0.4, -0.2) is 27.3 Å². The van der Waals surface area contributed by atoms with Gasteiger partial charge in [-0.15, -0.1) is 0 Å². The third-order valence-corrected chi connectivity index (χ3v) is 6.14. The highest BCUT2D eigenvalue weighted by atomic mass is 35.5. The first-order chi connectivity index (χ1) is 16.4. The van der Waals surface area contributed by atoms with Crippen molar-refractivity contribution in [1.29, 1.82) is 0 Å². The van der Waals surface area contributed by atoms with Gasteiger partial charge in [0.25, 0.3) is 11.8 Å². The van der Waals surface area contributed by atoms with Crippen LogP contribution in [0.5, 0.6) is 0 Å². The number of furan rings is 1. The van der Waals surface area contributed by atoms with Gasteiger partial charge in [-0.05, 0) is 42.0 Å². The minimum Gasteiger partial charge on any atom is -0.467 e. The predicted molar refractivity (Wildman–Crippen MR) is 128 cm³/mol. The van der Waals surface area contributed by atoms with Crippen LogP contribution in [0.4, 0.5) is 4.79 Å². The maximum Gasteiger partial charge on any atom is 0.331 e. The smallest absolute Gasteiger partial charge is 0.331 e. The number of carbonyl (C=O) groups is 3. The van der Waals surface area contributed by atoms with Crippen LogP contribution >= 0.6 is 23.2 Å². The van der Waals surface area contributed by atoms with Gasteiger partial charge in [-0.25, -0.2) is 4.79 Å². The summed E-state index contributed by atoms with van der Waals surface area (Å²) in [7, 11) is 0. The lowest BCUT2D eigenvalue weighted by Gasteiger charge is -2.25. The Balaban J connectivity index is 1.53. The Bertz CT molecular complexity index is 1470. The van der Waals surface area contributed by atoms with E-state index < -0.39 is 17.8 Å². The standard InChI is InChI=1S/C25H17Cl2N3O4/c26-17-8-7-15(21(27)11-17)12-29-13-16(19-5-1-2-6-22(19)29)10-20-23(31)28-25(33)30(24(20)32)14-18-4-3-9-34-18/h1-11,13H,12,14H2,(H,28,31,33). The van der Waals surface area contributed by atoms with E-state index in [4.69, 9.17) is 27.6 Å². The van der Waals surface area contributed by atoms with E-state index >= 15 is 0 Å². The molecule has 1 aliphatic rings. The van der Waals surface area contributed by atoms with Crippen molar-refractivity contribution in [1.82, 2.24) is 14.8 Å². The van der Waals surface area contributed by atoms with E-state index in [1.54, 1.807) is 24.3 Å². The summed E-state index contributed by atoms with van der Waals surface area (Å²) in [5.74, 6) is -1.01. The molecule has 1 saturated heterocycles. The minimum atomic E-state index is -0.789. The molecule has 2 aromatic carbocycles. The number of hydrogen-bond acceptors (Lipinski definition) is 4. The summed E-state index contributed by atoms with van der Waals surface area (Å²) in [6.07, 6.45) is 4.80. The zero-order valence-corrected chi connectivity index (χ0v) is 19.1. The molecule has 0 spiro atoms. The van der Waals surface area contributed by atoms with Crippen molar-refractivity contribution < 1.29 is 18.8 Å². The second-order valence-electron chi connectivity index (χ2n) is 7.75. The molecular formula is C25H17Cl2N3O4. The number of urea groups is 1. The fourth-order valence-electron chi connectivity index (χ4n) is 3.91. The molecular weight excluding hydrogens is 477 g/mol. The van der Waals surface area contributed by atoms with Crippen molar-refractivity contribution in [3.05, 3.63) is 99.6 Å². The number of carbonyl (C=O) groups excluding carboxylic acids is 3. The fourth-order valence-corrected chi connectivity index (χ4v) is 4.37. The number of barbiturate groups is 1. The third kappa shape index (κ3) is 4.11. The summed E-state index contributed by atoms with van der Waals surface area (Å²) >= 11 is 12.4. The molecule has 4 aromatic rings. The van der Waals surface area contributed by atoms with Gasteiger partial charge in [0.05, 0.1) is 12.8 Å². The number of imide groups is 2. The molecule has 4 amide bonds. The number of halogens is 2. The highest BCUT2D eigenvalue weighted by Gasteiger charge is 2.36. The van der Waals surface area contributed by atoms with Gasteiger partial charge in [0.15, 0.2) is 0 Å². The summed E-state index contributed by atoms with van der Waals surface area (Å²) < 4.78 is 7.23. The molecule has 0 aliphatic carbocycles. The van der Waals surface area contributed by atoms with Crippen molar-refractivity contribution in [3.8, 4) is 0 Å². The Labute approximate surface area is 204 Å². The molecule has 3 heterocycles. The number of fused-ring (bicyclic) bond motifs is 1. The van der Waals surface area contributed by atoms with E-state index in [-0.39, 0.29) is 12.1 Å². The Kier molecular flexibility index (Phi) is 5.73. The van der Waals surface area contributed by atoms with Gasteiger partial charge in [-0.2, -0.15) is 0 Å². The first-order valence-corrected chi connectivity index (χ1v) is 11.1. The van der Waals surface area contributed by atoms with Gasteiger partial charge >= 0.3 is 6.03 Å². The van der Waals surface area contributed by atoms with Gasteiger partial charge in [0.2, 0.25) is 0 Å².